The first kappa shape index (κ1) is 16.3. The van der Waals surface area contributed by atoms with Gasteiger partial charge in [0.1, 0.15) is 5.54 Å². The van der Waals surface area contributed by atoms with Crippen molar-refractivity contribution in [2.75, 3.05) is 6.54 Å². The van der Waals surface area contributed by atoms with Gasteiger partial charge >= 0.3 is 0 Å². The third-order valence-corrected chi connectivity index (χ3v) is 4.97. The van der Waals surface area contributed by atoms with Crippen molar-refractivity contribution in [1.29, 1.82) is 0 Å². The predicted molar refractivity (Wildman–Crippen MR) is 93.4 cm³/mol. The number of nitrogens with two attached hydrogens (primary N) is 1. The van der Waals surface area contributed by atoms with Crippen molar-refractivity contribution in [3.63, 3.8) is 0 Å². The van der Waals surface area contributed by atoms with E-state index < -0.39 is 5.54 Å². The third kappa shape index (κ3) is 2.97. The molecule has 1 aliphatic heterocycles. The van der Waals surface area contributed by atoms with Crippen molar-refractivity contribution in [2.24, 2.45) is 5.73 Å². The molecule has 0 bridgehead atoms. The quantitative estimate of drug-likeness (QED) is 0.912. The number of likely N-dealkylation sites (tertiary alicyclic amines) is 1. The number of carbonyl (C=O) groups excluding carboxylic acids is 1. The molecule has 3 rings (SSSR count). The average molecular weight is 348 g/mol. The third-order valence-electron chi connectivity index (χ3n) is 4.46. The SMILES string of the molecule is C[C@@]1(C(N)=O)[CH]CN1C(c1ccc(Cl)cc1)c1ccc(Cl)cc1. The Morgan fingerprint density at radius 1 is 1.04 bits per heavy atom. The molecule has 119 valence electrons. The van der Waals surface area contributed by atoms with Crippen LogP contribution in [-0.4, -0.2) is 22.9 Å². The predicted octanol–water partition coefficient (Wildman–Crippen LogP) is 3.85. The summed E-state index contributed by atoms with van der Waals surface area (Å²) in [5, 5.41) is 1.35. The summed E-state index contributed by atoms with van der Waals surface area (Å²) >= 11 is 12.0. The monoisotopic (exact) mass is 347 g/mol. The summed E-state index contributed by atoms with van der Waals surface area (Å²) in [6.45, 7) is 2.53. The second-order valence-corrected chi connectivity index (χ2v) is 6.75. The fourth-order valence-corrected chi connectivity index (χ4v) is 3.18. The molecule has 1 amide bonds. The summed E-state index contributed by atoms with van der Waals surface area (Å²) in [4.78, 5) is 14.0. The Morgan fingerprint density at radius 2 is 1.48 bits per heavy atom. The molecule has 0 aromatic heterocycles. The number of carbonyl (C=O) groups is 1. The van der Waals surface area contributed by atoms with Gasteiger partial charge in [0.05, 0.1) is 6.04 Å². The normalized spacial score (nSPS) is 21.2. The molecule has 1 heterocycles. The topological polar surface area (TPSA) is 46.3 Å². The zero-order valence-corrected chi connectivity index (χ0v) is 14.2. The lowest BCUT2D eigenvalue weighted by Gasteiger charge is -2.52. The second-order valence-electron chi connectivity index (χ2n) is 5.87. The van der Waals surface area contributed by atoms with E-state index in [9.17, 15) is 4.79 Å². The number of hydrogen-bond donors (Lipinski definition) is 1. The summed E-state index contributed by atoms with van der Waals surface area (Å²) in [6.07, 6.45) is 1.94. The molecule has 1 atom stereocenters. The lowest BCUT2D eigenvalue weighted by Crippen LogP contribution is -2.66. The number of hydrogen-bond acceptors (Lipinski definition) is 2. The van der Waals surface area contributed by atoms with E-state index in [1.807, 2.05) is 61.9 Å². The van der Waals surface area contributed by atoms with Crippen molar-refractivity contribution < 1.29 is 4.79 Å². The van der Waals surface area contributed by atoms with Gasteiger partial charge in [-0.1, -0.05) is 47.5 Å². The minimum absolute atomic E-state index is 0.0907. The van der Waals surface area contributed by atoms with E-state index in [0.29, 0.717) is 16.6 Å². The van der Waals surface area contributed by atoms with E-state index >= 15 is 0 Å². The van der Waals surface area contributed by atoms with E-state index in [1.165, 1.54) is 0 Å². The highest BCUT2D eigenvalue weighted by atomic mass is 35.5. The largest absolute Gasteiger partial charge is 0.368 e. The zero-order chi connectivity index (χ0) is 16.6. The fraction of sp³-hybridized carbons (Fsp3) is 0.222. The van der Waals surface area contributed by atoms with Crippen LogP contribution in [0.5, 0.6) is 0 Å². The molecule has 23 heavy (non-hydrogen) atoms. The number of nitrogens with zero attached hydrogens (tertiary/aromatic N) is 1. The highest BCUT2D eigenvalue weighted by Crippen LogP contribution is 2.41. The van der Waals surface area contributed by atoms with Crippen molar-refractivity contribution >= 4 is 29.1 Å². The Bertz CT molecular complexity index is 669. The standard InChI is InChI=1S/C18H17Cl2N2O/c1-18(17(21)23)10-11-22(18)16(12-2-6-14(19)7-3-12)13-4-8-15(20)9-5-13/h2-10,16H,11H2,1H3,(H2,21,23)/t18-/m0/s1. The maximum absolute atomic E-state index is 11.9. The van der Waals surface area contributed by atoms with Gasteiger partial charge in [-0.15, -0.1) is 0 Å². The van der Waals surface area contributed by atoms with Crippen LogP contribution < -0.4 is 5.73 Å². The van der Waals surface area contributed by atoms with Gasteiger partial charge in [0.25, 0.3) is 0 Å². The number of halogens is 2. The lowest BCUT2D eigenvalue weighted by molar-refractivity contribution is -0.133. The molecule has 1 radical (unpaired) electrons. The molecular formula is C18H17Cl2N2O. The van der Waals surface area contributed by atoms with Crippen molar-refractivity contribution in [1.82, 2.24) is 4.90 Å². The van der Waals surface area contributed by atoms with Crippen LogP contribution in [0.3, 0.4) is 0 Å². The van der Waals surface area contributed by atoms with Gasteiger partial charge in [-0.05, 0) is 42.3 Å². The number of primary amides is 1. The van der Waals surface area contributed by atoms with Gasteiger partial charge in [-0.2, -0.15) is 0 Å². The highest BCUT2D eigenvalue weighted by molar-refractivity contribution is 6.30. The van der Waals surface area contributed by atoms with E-state index in [0.717, 1.165) is 11.1 Å². The Hall–Kier alpha value is -1.55. The molecule has 1 saturated heterocycles. The number of rotatable bonds is 4. The Kier molecular flexibility index (Phi) is 4.37. The van der Waals surface area contributed by atoms with Crippen LogP contribution >= 0.6 is 23.2 Å². The number of benzene rings is 2. The lowest BCUT2D eigenvalue weighted by atomic mass is 9.81. The van der Waals surface area contributed by atoms with E-state index in [-0.39, 0.29) is 11.9 Å². The van der Waals surface area contributed by atoms with Gasteiger partial charge in [0.15, 0.2) is 0 Å². The van der Waals surface area contributed by atoms with Crippen LogP contribution in [0.1, 0.15) is 24.1 Å². The van der Waals surface area contributed by atoms with Crippen molar-refractivity contribution in [2.45, 2.75) is 18.5 Å². The molecular weight excluding hydrogens is 331 g/mol. The fourth-order valence-electron chi connectivity index (χ4n) is 2.93. The summed E-state index contributed by atoms with van der Waals surface area (Å²) in [5.41, 5.74) is 6.96. The first-order chi connectivity index (χ1) is 10.9. The van der Waals surface area contributed by atoms with Gasteiger partial charge in [0.2, 0.25) is 5.91 Å². The zero-order valence-electron chi connectivity index (χ0n) is 12.7. The maximum atomic E-state index is 11.9. The Labute approximate surface area is 146 Å². The molecule has 0 spiro atoms. The Balaban J connectivity index is 2.05. The van der Waals surface area contributed by atoms with E-state index in [2.05, 4.69) is 4.90 Å². The molecule has 0 aliphatic carbocycles. The summed E-state index contributed by atoms with van der Waals surface area (Å²) < 4.78 is 0. The molecule has 1 fully saturated rings. The van der Waals surface area contributed by atoms with Gasteiger partial charge in [-0.3, -0.25) is 9.69 Å². The molecule has 3 nitrogen and oxygen atoms in total. The van der Waals surface area contributed by atoms with Crippen molar-refractivity contribution in [3.05, 3.63) is 76.1 Å². The smallest absolute Gasteiger partial charge is 0.238 e. The molecule has 1 aliphatic rings. The van der Waals surface area contributed by atoms with Gasteiger partial charge in [0, 0.05) is 23.0 Å². The van der Waals surface area contributed by atoms with E-state index in [4.69, 9.17) is 28.9 Å². The number of amides is 1. The summed E-state index contributed by atoms with van der Waals surface area (Å²) in [6, 6.07) is 15.2. The van der Waals surface area contributed by atoms with Crippen LogP contribution in [0.4, 0.5) is 0 Å². The maximum Gasteiger partial charge on any atom is 0.238 e. The second kappa shape index (κ2) is 6.16. The van der Waals surface area contributed by atoms with E-state index in [1.54, 1.807) is 0 Å². The molecule has 2 aromatic carbocycles. The molecule has 5 heteroatoms. The van der Waals surface area contributed by atoms with Gasteiger partial charge < -0.3 is 5.73 Å². The minimum Gasteiger partial charge on any atom is -0.368 e. The van der Waals surface area contributed by atoms with Crippen LogP contribution in [0.25, 0.3) is 0 Å². The van der Waals surface area contributed by atoms with Crippen LogP contribution in [0.15, 0.2) is 48.5 Å². The first-order valence-corrected chi connectivity index (χ1v) is 8.09. The summed E-state index contributed by atoms with van der Waals surface area (Å²) in [5.74, 6) is -0.350. The van der Waals surface area contributed by atoms with Crippen LogP contribution in [-0.2, 0) is 4.79 Å². The minimum atomic E-state index is -0.760. The van der Waals surface area contributed by atoms with Crippen LogP contribution in [0, 0.1) is 6.42 Å². The molecule has 0 unspecified atom stereocenters. The first-order valence-electron chi connectivity index (χ1n) is 7.34. The average Bonchev–Trinajstić information content (AvgIpc) is 2.52. The van der Waals surface area contributed by atoms with Crippen molar-refractivity contribution in [3.8, 4) is 0 Å². The van der Waals surface area contributed by atoms with Gasteiger partial charge in [-0.25, -0.2) is 0 Å². The molecule has 0 saturated carbocycles. The summed E-state index contributed by atoms with van der Waals surface area (Å²) in [7, 11) is 0. The van der Waals surface area contributed by atoms with Crippen LogP contribution in [0.2, 0.25) is 10.0 Å². The highest BCUT2D eigenvalue weighted by Gasteiger charge is 2.49. The molecule has 2 aromatic rings. The Morgan fingerprint density at radius 3 is 1.78 bits per heavy atom. The molecule has 2 N–H and O–H groups in total.